The van der Waals surface area contributed by atoms with Crippen LogP contribution in [0.3, 0.4) is 0 Å². The van der Waals surface area contributed by atoms with Crippen molar-refractivity contribution in [3.05, 3.63) is 24.3 Å². The number of hydrogen-bond acceptors (Lipinski definition) is 5. The van der Waals surface area contributed by atoms with E-state index in [2.05, 4.69) is 13.2 Å². The number of aliphatic hydroxyl groups excluding tert-OH is 2. The Morgan fingerprint density at radius 1 is 1.30 bits per heavy atom. The Balaban J connectivity index is 2.08. The third kappa shape index (κ3) is 1.70. The van der Waals surface area contributed by atoms with Gasteiger partial charge in [0, 0.05) is 23.8 Å². The Hall–Kier alpha value is -1.17. The first-order valence-electron chi connectivity index (χ1n) is 6.91. The summed E-state index contributed by atoms with van der Waals surface area (Å²) in [7, 11) is 0. The molecule has 1 aliphatic heterocycles. The molecule has 3 fully saturated rings. The predicted molar refractivity (Wildman–Crippen MR) is 70.5 cm³/mol. The van der Waals surface area contributed by atoms with Crippen LogP contribution in [-0.2, 0) is 9.53 Å². The topological polar surface area (TPSA) is 87.0 Å². The Labute approximate surface area is 117 Å². The fourth-order valence-electron chi connectivity index (χ4n) is 4.16. The molecule has 0 aromatic carbocycles. The Morgan fingerprint density at radius 2 is 1.95 bits per heavy atom. The smallest absolute Gasteiger partial charge is 0.334 e. The van der Waals surface area contributed by atoms with Crippen molar-refractivity contribution in [3.8, 4) is 0 Å². The van der Waals surface area contributed by atoms with Crippen LogP contribution in [0.1, 0.15) is 19.8 Å². The molecule has 2 saturated carbocycles. The minimum atomic E-state index is -1.14. The highest BCUT2D eigenvalue weighted by molar-refractivity contribution is 5.91. The third-order valence-electron chi connectivity index (χ3n) is 5.22. The molecule has 0 radical (unpaired) electrons. The molecule has 5 heteroatoms. The fourth-order valence-corrected chi connectivity index (χ4v) is 4.16. The van der Waals surface area contributed by atoms with Gasteiger partial charge < -0.3 is 20.1 Å². The summed E-state index contributed by atoms with van der Waals surface area (Å²) in [6.45, 7) is 9.27. The van der Waals surface area contributed by atoms with Crippen molar-refractivity contribution in [2.24, 2.45) is 17.8 Å². The molecule has 20 heavy (non-hydrogen) atoms. The van der Waals surface area contributed by atoms with Gasteiger partial charge in [0.2, 0.25) is 0 Å². The molecule has 0 amide bonds. The van der Waals surface area contributed by atoms with Crippen molar-refractivity contribution >= 4 is 5.97 Å². The van der Waals surface area contributed by atoms with Gasteiger partial charge in [-0.15, -0.1) is 0 Å². The van der Waals surface area contributed by atoms with E-state index < -0.39 is 35.8 Å². The largest absolute Gasteiger partial charge is 0.458 e. The van der Waals surface area contributed by atoms with Crippen LogP contribution in [0.2, 0.25) is 0 Å². The Kier molecular flexibility index (Phi) is 2.87. The van der Waals surface area contributed by atoms with Crippen molar-refractivity contribution in [2.75, 3.05) is 0 Å². The van der Waals surface area contributed by atoms with Crippen LogP contribution in [0, 0.1) is 17.8 Å². The van der Waals surface area contributed by atoms with Crippen LogP contribution in [0.15, 0.2) is 24.3 Å². The van der Waals surface area contributed by atoms with E-state index >= 15 is 0 Å². The third-order valence-corrected chi connectivity index (χ3v) is 5.22. The lowest BCUT2D eigenvalue weighted by Gasteiger charge is -2.33. The fraction of sp³-hybridized carbons (Fsp3) is 0.667. The van der Waals surface area contributed by atoms with E-state index in [4.69, 9.17) is 4.74 Å². The van der Waals surface area contributed by atoms with Gasteiger partial charge in [-0.25, -0.2) is 4.79 Å². The molecule has 3 N–H and O–H groups in total. The van der Waals surface area contributed by atoms with E-state index in [9.17, 15) is 20.1 Å². The van der Waals surface area contributed by atoms with Crippen LogP contribution in [-0.4, -0.2) is 45.2 Å². The van der Waals surface area contributed by atoms with Gasteiger partial charge in [-0.2, -0.15) is 0 Å². The van der Waals surface area contributed by atoms with Crippen molar-refractivity contribution in [3.63, 3.8) is 0 Å². The van der Waals surface area contributed by atoms with Gasteiger partial charge in [0.05, 0.1) is 23.7 Å². The highest BCUT2D eigenvalue weighted by Crippen LogP contribution is 2.53. The zero-order valence-electron chi connectivity index (χ0n) is 11.5. The summed E-state index contributed by atoms with van der Waals surface area (Å²) < 4.78 is 5.37. The monoisotopic (exact) mass is 280 g/mol. The van der Waals surface area contributed by atoms with E-state index in [1.807, 2.05) is 0 Å². The molecule has 0 aromatic rings. The molecular weight excluding hydrogens is 260 g/mol. The lowest BCUT2D eigenvalue weighted by Crippen LogP contribution is -2.39. The molecule has 7 atom stereocenters. The Bertz CT molecular complexity index is 494. The molecule has 0 bridgehead atoms. The van der Waals surface area contributed by atoms with Gasteiger partial charge in [0.25, 0.3) is 0 Å². The summed E-state index contributed by atoms with van der Waals surface area (Å²) in [6, 6.07) is 0. The first-order valence-corrected chi connectivity index (χ1v) is 6.91. The molecule has 2 aliphatic carbocycles. The summed E-state index contributed by atoms with van der Waals surface area (Å²) in [5.74, 6) is -1.67. The van der Waals surface area contributed by atoms with Gasteiger partial charge in [-0.1, -0.05) is 13.2 Å². The van der Waals surface area contributed by atoms with Crippen molar-refractivity contribution < 1.29 is 24.9 Å². The van der Waals surface area contributed by atoms with Gasteiger partial charge in [-0.05, 0) is 18.9 Å². The summed E-state index contributed by atoms with van der Waals surface area (Å²) in [6.07, 6.45) is -1.68. The van der Waals surface area contributed by atoms with Crippen LogP contribution in [0.5, 0.6) is 0 Å². The number of aliphatic hydroxyl groups is 3. The van der Waals surface area contributed by atoms with Crippen LogP contribution < -0.4 is 0 Å². The van der Waals surface area contributed by atoms with Gasteiger partial charge >= 0.3 is 5.97 Å². The minimum absolute atomic E-state index is 0.130. The van der Waals surface area contributed by atoms with Crippen LogP contribution in [0.4, 0.5) is 0 Å². The first kappa shape index (κ1) is 13.8. The highest BCUT2D eigenvalue weighted by Gasteiger charge is 2.59. The van der Waals surface area contributed by atoms with Crippen LogP contribution >= 0.6 is 0 Å². The quantitative estimate of drug-likeness (QED) is 0.334. The van der Waals surface area contributed by atoms with Crippen molar-refractivity contribution in [1.82, 2.24) is 0 Å². The van der Waals surface area contributed by atoms with Gasteiger partial charge in [0.15, 0.2) is 0 Å². The number of carbonyl (C=O) groups excluding carboxylic acids is 1. The molecule has 5 nitrogen and oxygen atoms in total. The Morgan fingerprint density at radius 3 is 2.60 bits per heavy atom. The molecule has 0 spiro atoms. The number of fused-ring (bicyclic) bond motifs is 3. The average Bonchev–Trinajstić information content (AvgIpc) is 2.76. The summed E-state index contributed by atoms with van der Waals surface area (Å²) in [5.41, 5.74) is -0.323. The van der Waals surface area contributed by atoms with Crippen molar-refractivity contribution in [2.45, 2.75) is 43.7 Å². The zero-order valence-corrected chi connectivity index (χ0v) is 11.5. The molecule has 110 valence electrons. The van der Waals surface area contributed by atoms with E-state index in [-0.39, 0.29) is 23.8 Å². The standard InChI is InChI=1S/C15H20O5/c1-6-9(16)4-8-11(6)13-12(7(2)14(18)20-13)10(17)5-15(8,3)19/h8-13,16-17,19H,1-2,4-5H2,3H3/t8-,9+,10+,11+,12-,13-,15-/m1/s1. The predicted octanol–water partition coefficient (Wildman–Crippen LogP) is 0.153. The van der Waals surface area contributed by atoms with Gasteiger partial charge in [-0.3, -0.25) is 0 Å². The number of carbonyl (C=O) groups is 1. The lowest BCUT2D eigenvalue weighted by molar-refractivity contribution is -0.142. The first-order chi connectivity index (χ1) is 9.24. The van der Waals surface area contributed by atoms with Gasteiger partial charge in [0.1, 0.15) is 6.10 Å². The molecule has 3 aliphatic rings. The molecule has 1 saturated heterocycles. The van der Waals surface area contributed by atoms with E-state index in [1.54, 1.807) is 6.92 Å². The molecule has 1 heterocycles. The number of hydrogen-bond donors (Lipinski definition) is 3. The summed E-state index contributed by atoms with van der Waals surface area (Å²) >= 11 is 0. The maximum atomic E-state index is 11.7. The van der Waals surface area contributed by atoms with Crippen molar-refractivity contribution in [1.29, 1.82) is 0 Å². The number of ether oxygens (including phenoxy) is 1. The SMILES string of the molecule is C=C1C(=O)O[C@@H]2[C@H]3C(=C)[C@@H](O)C[C@H]3[C@](C)(O)C[C@H](O)[C@@H]12. The van der Waals surface area contributed by atoms with Crippen LogP contribution in [0.25, 0.3) is 0 Å². The maximum absolute atomic E-state index is 11.7. The van der Waals surface area contributed by atoms with E-state index in [1.165, 1.54) is 0 Å². The lowest BCUT2D eigenvalue weighted by atomic mass is 9.78. The zero-order chi connectivity index (χ0) is 14.8. The average molecular weight is 280 g/mol. The number of esters is 1. The molecular formula is C15H20O5. The second-order valence-electron chi connectivity index (χ2n) is 6.51. The summed E-state index contributed by atoms with van der Waals surface area (Å²) in [5, 5.41) is 31.0. The minimum Gasteiger partial charge on any atom is -0.458 e. The number of rotatable bonds is 0. The second kappa shape index (κ2) is 4.16. The highest BCUT2D eigenvalue weighted by atomic mass is 16.6. The second-order valence-corrected chi connectivity index (χ2v) is 6.51. The van der Waals surface area contributed by atoms with E-state index in [0.717, 1.165) is 0 Å². The molecule has 3 rings (SSSR count). The summed E-state index contributed by atoms with van der Waals surface area (Å²) in [4.78, 5) is 11.7. The normalized spacial score (nSPS) is 51.5. The molecule has 0 unspecified atom stereocenters. The van der Waals surface area contributed by atoms with E-state index in [0.29, 0.717) is 12.0 Å². The maximum Gasteiger partial charge on any atom is 0.334 e. The molecule has 0 aromatic heterocycles.